The summed E-state index contributed by atoms with van der Waals surface area (Å²) in [4.78, 5) is 26.0. The van der Waals surface area contributed by atoms with Crippen LogP contribution in [-0.4, -0.2) is 23.8 Å². The second-order valence-corrected chi connectivity index (χ2v) is 5.00. The van der Waals surface area contributed by atoms with Gasteiger partial charge in [-0.1, -0.05) is 24.6 Å². The van der Waals surface area contributed by atoms with Crippen LogP contribution in [0.1, 0.15) is 25.8 Å². The highest BCUT2D eigenvalue weighted by Gasteiger charge is 2.23. The highest BCUT2D eigenvalue weighted by molar-refractivity contribution is 6.46. The van der Waals surface area contributed by atoms with Gasteiger partial charge in [0, 0.05) is 6.42 Å². The molecule has 0 aliphatic carbocycles. The SMILES string of the molecule is CCC(C)Oc1ccc(CC2=NC(=O)NC2=O)cc1Cl. The molecule has 1 aliphatic heterocycles. The molecule has 1 unspecified atom stereocenters. The highest BCUT2D eigenvalue weighted by atomic mass is 35.5. The fraction of sp³-hybridized carbons (Fsp3) is 0.357. The van der Waals surface area contributed by atoms with Crippen LogP contribution in [0.2, 0.25) is 5.02 Å². The molecule has 6 heteroatoms. The van der Waals surface area contributed by atoms with E-state index in [9.17, 15) is 9.59 Å². The van der Waals surface area contributed by atoms with E-state index in [1.54, 1.807) is 12.1 Å². The van der Waals surface area contributed by atoms with E-state index in [0.717, 1.165) is 12.0 Å². The molecule has 1 heterocycles. The maximum Gasteiger partial charge on any atom is 0.348 e. The summed E-state index contributed by atoms with van der Waals surface area (Å²) >= 11 is 6.15. The lowest BCUT2D eigenvalue weighted by molar-refractivity contribution is -0.113. The first kappa shape index (κ1) is 14.5. The molecule has 1 aliphatic rings. The van der Waals surface area contributed by atoms with Crippen molar-refractivity contribution in [2.75, 3.05) is 0 Å². The summed E-state index contributed by atoms with van der Waals surface area (Å²) in [6.45, 7) is 3.99. The van der Waals surface area contributed by atoms with Crippen LogP contribution in [0.4, 0.5) is 4.79 Å². The maximum atomic E-state index is 11.4. The molecule has 1 N–H and O–H groups in total. The first-order chi connectivity index (χ1) is 9.49. The van der Waals surface area contributed by atoms with Gasteiger partial charge in [-0.05, 0) is 31.0 Å². The average Bonchev–Trinajstić information content (AvgIpc) is 2.71. The first-order valence-corrected chi connectivity index (χ1v) is 6.75. The summed E-state index contributed by atoms with van der Waals surface area (Å²) in [5, 5.41) is 2.59. The van der Waals surface area contributed by atoms with Crippen molar-refractivity contribution >= 4 is 29.3 Å². The van der Waals surface area contributed by atoms with Crippen LogP contribution in [0.15, 0.2) is 23.2 Å². The Morgan fingerprint density at radius 3 is 2.70 bits per heavy atom. The van der Waals surface area contributed by atoms with Crippen molar-refractivity contribution in [2.45, 2.75) is 32.8 Å². The van der Waals surface area contributed by atoms with E-state index in [1.165, 1.54) is 0 Å². The Balaban J connectivity index is 2.11. The van der Waals surface area contributed by atoms with E-state index in [1.807, 2.05) is 19.9 Å². The van der Waals surface area contributed by atoms with Gasteiger partial charge in [0.1, 0.15) is 11.5 Å². The van der Waals surface area contributed by atoms with Crippen molar-refractivity contribution in [3.63, 3.8) is 0 Å². The van der Waals surface area contributed by atoms with Crippen molar-refractivity contribution in [1.29, 1.82) is 0 Å². The maximum absolute atomic E-state index is 11.4. The quantitative estimate of drug-likeness (QED) is 0.908. The minimum absolute atomic E-state index is 0.0842. The van der Waals surface area contributed by atoms with E-state index >= 15 is 0 Å². The standard InChI is InChI=1S/C14H15ClN2O3/c1-3-8(2)20-12-5-4-9(6-10(12)15)7-11-13(18)17-14(19)16-11/h4-6,8H,3,7H2,1-2H3,(H,17,18,19). The number of nitrogens with zero attached hydrogens (tertiary/aromatic N) is 1. The number of benzene rings is 1. The molecular formula is C14H15ClN2O3. The third-order valence-electron chi connectivity index (χ3n) is 2.99. The molecule has 0 saturated carbocycles. The predicted octanol–water partition coefficient (Wildman–Crippen LogP) is 2.75. The van der Waals surface area contributed by atoms with Gasteiger partial charge < -0.3 is 4.74 Å². The predicted molar refractivity (Wildman–Crippen MR) is 76.5 cm³/mol. The van der Waals surface area contributed by atoms with Gasteiger partial charge in [-0.25, -0.2) is 4.79 Å². The number of aliphatic imine (C=N–C) groups is 1. The molecule has 106 valence electrons. The summed E-state index contributed by atoms with van der Waals surface area (Å²) < 4.78 is 5.66. The van der Waals surface area contributed by atoms with E-state index in [-0.39, 0.29) is 18.2 Å². The Kier molecular flexibility index (Phi) is 4.39. The van der Waals surface area contributed by atoms with Gasteiger partial charge in [-0.3, -0.25) is 10.1 Å². The van der Waals surface area contributed by atoms with E-state index in [0.29, 0.717) is 10.8 Å². The number of imide groups is 1. The second kappa shape index (κ2) is 6.05. The molecule has 0 bridgehead atoms. The molecule has 2 rings (SSSR count). The van der Waals surface area contributed by atoms with E-state index in [2.05, 4.69) is 10.3 Å². The third kappa shape index (κ3) is 3.36. The fourth-order valence-electron chi connectivity index (χ4n) is 1.73. The average molecular weight is 295 g/mol. The van der Waals surface area contributed by atoms with Crippen LogP contribution in [-0.2, 0) is 11.2 Å². The Bertz CT molecular complexity index is 584. The minimum atomic E-state index is -0.618. The number of rotatable bonds is 5. The summed E-state index contributed by atoms with van der Waals surface area (Å²) in [7, 11) is 0. The number of carbonyl (C=O) groups excluding carboxylic acids is 2. The zero-order valence-electron chi connectivity index (χ0n) is 11.3. The van der Waals surface area contributed by atoms with Gasteiger partial charge in [0.25, 0.3) is 5.91 Å². The molecule has 0 aromatic heterocycles. The summed E-state index contributed by atoms with van der Waals surface area (Å²) in [5.41, 5.74) is 0.997. The van der Waals surface area contributed by atoms with Gasteiger partial charge in [-0.2, -0.15) is 4.99 Å². The Morgan fingerprint density at radius 1 is 1.40 bits per heavy atom. The van der Waals surface area contributed by atoms with Gasteiger partial charge >= 0.3 is 6.03 Å². The Hall–Kier alpha value is -1.88. The zero-order chi connectivity index (χ0) is 14.7. The number of nitrogens with one attached hydrogen (secondary N) is 1. The molecule has 3 amide bonds. The minimum Gasteiger partial charge on any atom is -0.489 e. The molecule has 0 fully saturated rings. The molecule has 1 aromatic rings. The van der Waals surface area contributed by atoms with Crippen LogP contribution in [0.3, 0.4) is 0 Å². The number of ether oxygens (including phenoxy) is 1. The number of hydrogen-bond acceptors (Lipinski definition) is 3. The molecule has 0 radical (unpaired) electrons. The van der Waals surface area contributed by atoms with Crippen molar-refractivity contribution in [3.05, 3.63) is 28.8 Å². The van der Waals surface area contributed by atoms with E-state index < -0.39 is 11.9 Å². The van der Waals surface area contributed by atoms with Gasteiger partial charge in [0.15, 0.2) is 0 Å². The molecule has 0 saturated heterocycles. The number of amides is 3. The molecular weight excluding hydrogens is 280 g/mol. The van der Waals surface area contributed by atoms with Crippen LogP contribution in [0, 0.1) is 0 Å². The van der Waals surface area contributed by atoms with Crippen LogP contribution in [0.25, 0.3) is 0 Å². The van der Waals surface area contributed by atoms with E-state index in [4.69, 9.17) is 16.3 Å². The topological polar surface area (TPSA) is 67.8 Å². The smallest absolute Gasteiger partial charge is 0.348 e. The van der Waals surface area contributed by atoms with Gasteiger partial charge in [0.05, 0.1) is 11.1 Å². The lowest BCUT2D eigenvalue weighted by Gasteiger charge is -2.14. The number of carbonyl (C=O) groups is 2. The number of halogens is 1. The molecule has 1 aromatic carbocycles. The highest BCUT2D eigenvalue weighted by Crippen LogP contribution is 2.27. The van der Waals surface area contributed by atoms with Crippen molar-refractivity contribution in [1.82, 2.24) is 5.32 Å². The Morgan fingerprint density at radius 2 is 2.15 bits per heavy atom. The Labute approximate surface area is 122 Å². The van der Waals surface area contributed by atoms with Gasteiger partial charge in [0.2, 0.25) is 0 Å². The summed E-state index contributed by atoms with van der Waals surface area (Å²) in [5.74, 6) is 0.157. The number of urea groups is 1. The van der Waals surface area contributed by atoms with Gasteiger partial charge in [-0.15, -0.1) is 0 Å². The first-order valence-electron chi connectivity index (χ1n) is 6.37. The van der Waals surface area contributed by atoms with Crippen molar-refractivity contribution < 1.29 is 14.3 Å². The fourth-order valence-corrected chi connectivity index (χ4v) is 1.98. The monoisotopic (exact) mass is 294 g/mol. The molecule has 0 spiro atoms. The lowest BCUT2D eigenvalue weighted by Crippen LogP contribution is -2.26. The molecule has 1 atom stereocenters. The molecule has 20 heavy (non-hydrogen) atoms. The zero-order valence-corrected chi connectivity index (χ0v) is 12.0. The molecule has 5 nitrogen and oxygen atoms in total. The largest absolute Gasteiger partial charge is 0.489 e. The number of hydrogen-bond donors (Lipinski definition) is 1. The van der Waals surface area contributed by atoms with Crippen LogP contribution in [0.5, 0.6) is 5.75 Å². The normalized spacial score (nSPS) is 15.8. The van der Waals surface area contributed by atoms with Crippen LogP contribution < -0.4 is 10.1 Å². The summed E-state index contributed by atoms with van der Waals surface area (Å²) in [6, 6.07) is 4.67. The van der Waals surface area contributed by atoms with Crippen molar-refractivity contribution in [2.24, 2.45) is 4.99 Å². The lowest BCUT2D eigenvalue weighted by atomic mass is 10.1. The van der Waals surface area contributed by atoms with Crippen molar-refractivity contribution in [3.8, 4) is 5.75 Å². The summed E-state index contributed by atoms with van der Waals surface area (Å²) in [6.07, 6.45) is 1.24. The third-order valence-corrected chi connectivity index (χ3v) is 3.29. The van der Waals surface area contributed by atoms with Crippen LogP contribution >= 0.6 is 11.6 Å². The second-order valence-electron chi connectivity index (χ2n) is 4.60.